The molecule has 0 atom stereocenters. The molecule has 0 saturated carbocycles. The maximum absolute atomic E-state index is 12.7. The van der Waals surface area contributed by atoms with Crippen LogP contribution in [0.4, 0.5) is 0 Å². The van der Waals surface area contributed by atoms with Gasteiger partial charge in [0.05, 0.1) is 31.3 Å². The van der Waals surface area contributed by atoms with Crippen LogP contribution in [-0.4, -0.2) is 39.1 Å². The Hall–Kier alpha value is -2.80. The van der Waals surface area contributed by atoms with Gasteiger partial charge in [0.25, 0.3) is 5.56 Å². The van der Waals surface area contributed by atoms with Crippen molar-refractivity contribution in [2.75, 3.05) is 13.7 Å². The van der Waals surface area contributed by atoms with Gasteiger partial charge in [0.15, 0.2) is 5.65 Å². The molecule has 1 aliphatic heterocycles. The van der Waals surface area contributed by atoms with Crippen molar-refractivity contribution in [3.05, 3.63) is 62.7 Å². The summed E-state index contributed by atoms with van der Waals surface area (Å²) in [6.45, 7) is 0.794. The minimum Gasteiger partial charge on any atom is -0.497 e. The number of hydrogen-bond donors (Lipinski definition) is 1. The van der Waals surface area contributed by atoms with E-state index in [1.807, 2.05) is 0 Å². The molecule has 1 N–H and O–H groups in total. The molecule has 4 rings (SSSR count). The van der Waals surface area contributed by atoms with Gasteiger partial charge >= 0.3 is 0 Å². The zero-order chi connectivity index (χ0) is 18.3. The molecule has 0 unspecified atom stereocenters. The van der Waals surface area contributed by atoms with E-state index < -0.39 is 0 Å². The Labute approximate surface area is 154 Å². The monoisotopic (exact) mass is 372 g/mol. The molecule has 1 aromatic carbocycles. The van der Waals surface area contributed by atoms with Crippen LogP contribution in [0.25, 0.3) is 5.65 Å². The highest BCUT2D eigenvalue weighted by Crippen LogP contribution is 2.24. The van der Waals surface area contributed by atoms with Gasteiger partial charge in [0.1, 0.15) is 5.75 Å². The maximum Gasteiger partial charge on any atom is 0.277 e. The highest BCUT2D eigenvalue weighted by molar-refractivity contribution is 6.31. The van der Waals surface area contributed by atoms with Gasteiger partial charge in [0, 0.05) is 30.3 Å². The SMILES string of the molecule is COc1ccc(CC(=O)N2CCc3nc4cc[nH]n4c(=O)c3C2)c(Cl)c1. The van der Waals surface area contributed by atoms with E-state index in [1.54, 1.807) is 42.5 Å². The van der Waals surface area contributed by atoms with Crippen molar-refractivity contribution in [3.8, 4) is 5.75 Å². The molecule has 3 aromatic rings. The van der Waals surface area contributed by atoms with Crippen LogP contribution in [0.1, 0.15) is 16.8 Å². The van der Waals surface area contributed by atoms with Crippen molar-refractivity contribution < 1.29 is 9.53 Å². The number of H-pyrrole nitrogens is 1. The lowest BCUT2D eigenvalue weighted by molar-refractivity contribution is -0.131. The summed E-state index contributed by atoms with van der Waals surface area (Å²) >= 11 is 6.23. The number of ether oxygens (including phenoxy) is 1. The van der Waals surface area contributed by atoms with E-state index in [1.165, 1.54) is 4.52 Å². The second-order valence-corrected chi connectivity index (χ2v) is 6.60. The van der Waals surface area contributed by atoms with Crippen molar-refractivity contribution in [1.82, 2.24) is 19.5 Å². The predicted octanol–water partition coefficient (Wildman–Crippen LogP) is 1.81. The highest BCUT2D eigenvalue weighted by atomic mass is 35.5. The lowest BCUT2D eigenvalue weighted by Crippen LogP contribution is -2.40. The second-order valence-electron chi connectivity index (χ2n) is 6.20. The standard InChI is InChI=1S/C18H17ClN4O3/c1-26-12-3-2-11(14(19)9-12)8-17(24)22-7-5-15-13(10-22)18(25)23-16(21-15)4-6-20-23/h2-4,6,9,20H,5,7-8,10H2,1H3. The molecule has 8 heteroatoms. The maximum atomic E-state index is 12.7. The zero-order valence-electron chi connectivity index (χ0n) is 14.2. The Morgan fingerprint density at radius 2 is 2.23 bits per heavy atom. The first kappa shape index (κ1) is 16.7. The van der Waals surface area contributed by atoms with Crippen LogP contribution in [0.5, 0.6) is 5.75 Å². The fourth-order valence-corrected chi connectivity index (χ4v) is 3.44. The predicted molar refractivity (Wildman–Crippen MR) is 96.6 cm³/mol. The summed E-state index contributed by atoms with van der Waals surface area (Å²) in [6, 6.07) is 7.01. The lowest BCUT2D eigenvalue weighted by Gasteiger charge is -2.28. The van der Waals surface area contributed by atoms with Crippen LogP contribution in [0.2, 0.25) is 5.02 Å². The summed E-state index contributed by atoms with van der Waals surface area (Å²) in [6.07, 6.45) is 2.41. The van der Waals surface area contributed by atoms with E-state index in [0.29, 0.717) is 34.9 Å². The number of benzene rings is 1. The Kier molecular flexibility index (Phi) is 4.16. The van der Waals surface area contributed by atoms with Gasteiger partial charge in [-0.05, 0) is 17.7 Å². The van der Waals surface area contributed by atoms with Gasteiger partial charge in [-0.25, -0.2) is 9.50 Å². The Bertz CT molecular complexity index is 1060. The molecule has 1 aliphatic rings. The number of amides is 1. The summed E-state index contributed by atoms with van der Waals surface area (Å²) in [4.78, 5) is 31.5. The molecule has 0 saturated heterocycles. The Morgan fingerprint density at radius 3 is 3.00 bits per heavy atom. The van der Waals surface area contributed by atoms with Crippen LogP contribution in [0, 0.1) is 0 Å². The minimum atomic E-state index is -0.157. The van der Waals surface area contributed by atoms with Gasteiger partial charge in [-0.3, -0.25) is 14.7 Å². The average molecular weight is 373 g/mol. The fourth-order valence-electron chi connectivity index (χ4n) is 3.20. The second kappa shape index (κ2) is 6.49. The number of nitrogens with zero attached hydrogens (tertiary/aromatic N) is 3. The summed E-state index contributed by atoms with van der Waals surface area (Å²) in [5.74, 6) is 0.575. The highest BCUT2D eigenvalue weighted by Gasteiger charge is 2.25. The van der Waals surface area contributed by atoms with E-state index in [0.717, 1.165) is 11.3 Å². The number of methoxy groups -OCH3 is 1. The molecule has 0 radical (unpaired) electrons. The van der Waals surface area contributed by atoms with Crippen LogP contribution in [0.3, 0.4) is 0 Å². The molecule has 134 valence electrons. The number of carbonyl (C=O) groups is 1. The molecule has 0 bridgehead atoms. The smallest absolute Gasteiger partial charge is 0.277 e. The Balaban J connectivity index is 1.57. The third kappa shape index (κ3) is 2.84. The minimum absolute atomic E-state index is 0.0706. The number of rotatable bonds is 3. The lowest BCUT2D eigenvalue weighted by atomic mass is 10.1. The molecular formula is C18H17ClN4O3. The van der Waals surface area contributed by atoms with Crippen molar-refractivity contribution in [2.24, 2.45) is 0 Å². The van der Waals surface area contributed by atoms with Crippen molar-refractivity contribution in [3.63, 3.8) is 0 Å². The number of hydrogen-bond acceptors (Lipinski definition) is 4. The molecule has 0 aliphatic carbocycles. The van der Waals surface area contributed by atoms with Gasteiger partial charge in [-0.2, -0.15) is 0 Å². The topological polar surface area (TPSA) is 79.7 Å². The normalized spacial score (nSPS) is 13.7. The van der Waals surface area contributed by atoms with Crippen molar-refractivity contribution in [2.45, 2.75) is 19.4 Å². The van der Waals surface area contributed by atoms with Gasteiger partial charge in [0.2, 0.25) is 5.91 Å². The zero-order valence-corrected chi connectivity index (χ0v) is 14.9. The Morgan fingerprint density at radius 1 is 1.38 bits per heavy atom. The molecule has 7 nitrogen and oxygen atoms in total. The summed E-state index contributed by atoms with van der Waals surface area (Å²) in [7, 11) is 1.56. The van der Waals surface area contributed by atoms with Crippen LogP contribution < -0.4 is 10.3 Å². The van der Waals surface area contributed by atoms with Crippen LogP contribution in [-0.2, 0) is 24.2 Å². The van der Waals surface area contributed by atoms with E-state index in [9.17, 15) is 9.59 Å². The quantitative estimate of drug-likeness (QED) is 0.760. The third-order valence-electron chi connectivity index (χ3n) is 4.65. The van der Waals surface area contributed by atoms with Gasteiger partial charge < -0.3 is 9.64 Å². The number of aromatic amines is 1. The molecular weight excluding hydrogens is 356 g/mol. The number of halogens is 1. The number of aromatic nitrogens is 3. The van der Waals surface area contributed by atoms with E-state index >= 15 is 0 Å². The third-order valence-corrected chi connectivity index (χ3v) is 5.00. The van der Waals surface area contributed by atoms with E-state index in [4.69, 9.17) is 16.3 Å². The fraction of sp³-hybridized carbons (Fsp3) is 0.278. The van der Waals surface area contributed by atoms with Crippen molar-refractivity contribution in [1.29, 1.82) is 0 Å². The molecule has 0 fully saturated rings. The first-order valence-corrected chi connectivity index (χ1v) is 8.62. The average Bonchev–Trinajstić information content (AvgIpc) is 3.12. The molecule has 1 amide bonds. The summed E-state index contributed by atoms with van der Waals surface area (Å²) in [5.41, 5.74) is 2.50. The van der Waals surface area contributed by atoms with Crippen LogP contribution >= 0.6 is 11.6 Å². The van der Waals surface area contributed by atoms with Crippen molar-refractivity contribution >= 4 is 23.2 Å². The number of carbonyl (C=O) groups excluding carboxylic acids is 1. The molecule has 2 aromatic heterocycles. The summed E-state index contributed by atoms with van der Waals surface area (Å²) < 4.78 is 6.52. The van der Waals surface area contributed by atoms with E-state index in [2.05, 4.69) is 10.1 Å². The molecule has 0 spiro atoms. The van der Waals surface area contributed by atoms with Gasteiger partial charge in [-0.15, -0.1) is 0 Å². The molecule has 26 heavy (non-hydrogen) atoms. The molecule has 3 heterocycles. The first-order valence-electron chi connectivity index (χ1n) is 8.25. The number of nitrogens with one attached hydrogen (secondary N) is 1. The van der Waals surface area contributed by atoms with E-state index in [-0.39, 0.29) is 24.4 Å². The first-order chi connectivity index (χ1) is 12.6. The largest absolute Gasteiger partial charge is 0.497 e. The summed E-state index contributed by atoms with van der Waals surface area (Å²) in [5, 5.41) is 3.34. The van der Waals surface area contributed by atoms with Gasteiger partial charge in [-0.1, -0.05) is 17.7 Å². The van der Waals surface area contributed by atoms with Crippen LogP contribution in [0.15, 0.2) is 35.3 Å². The number of fused-ring (bicyclic) bond motifs is 2.